The Morgan fingerprint density at radius 1 is 1.36 bits per heavy atom. The topological polar surface area (TPSA) is 114 Å². The Balaban J connectivity index is 2.24. The Bertz CT molecular complexity index is 746. The minimum absolute atomic E-state index is 0.175. The van der Waals surface area contributed by atoms with Gasteiger partial charge in [-0.05, 0) is 31.0 Å². The summed E-state index contributed by atoms with van der Waals surface area (Å²) in [6, 6.07) is 6.01. The van der Waals surface area contributed by atoms with Gasteiger partial charge < -0.3 is 11.1 Å². The highest BCUT2D eigenvalue weighted by atomic mass is 32.2. The van der Waals surface area contributed by atoms with Crippen molar-refractivity contribution in [3.8, 4) is 0 Å². The number of nitrogens with zero attached hydrogens (tertiary/aromatic N) is 1. The molecule has 0 spiro atoms. The highest BCUT2D eigenvalue weighted by molar-refractivity contribution is 7.90. The molecule has 8 heteroatoms. The maximum absolute atomic E-state index is 12.5. The fourth-order valence-electron chi connectivity index (χ4n) is 2.51. The van der Waals surface area contributed by atoms with Crippen LogP contribution in [0.1, 0.15) is 38.7 Å². The minimum atomic E-state index is -3.61. The number of amidine groups is 1. The van der Waals surface area contributed by atoms with Crippen LogP contribution in [0, 0.1) is 5.92 Å². The highest BCUT2D eigenvalue weighted by Crippen LogP contribution is 2.23. The fraction of sp³-hybridized carbons (Fsp3) is 0.529. The van der Waals surface area contributed by atoms with E-state index in [1.165, 1.54) is 6.07 Å². The van der Waals surface area contributed by atoms with Crippen LogP contribution in [0.25, 0.3) is 0 Å². The van der Waals surface area contributed by atoms with E-state index >= 15 is 0 Å². The number of aliphatic imine (C=N–C) groups is 1. The number of nitrogens with one attached hydrogen (secondary N) is 2. The smallest absolute Gasteiger partial charge is 0.263 e. The van der Waals surface area contributed by atoms with Gasteiger partial charge in [0.1, 0.15) is 11.9 Å². The first-order chi connectivity index (χ1) is 11.9. The number of carbonyl (C=O) groups is 1. The van der Waals surface area contributed by atoms with Crippen molar-refractivity contribution in [2.45, 2.75) is 44.0 Å². The van der Waals surface area contributed by atoms with Crippen LogP contribution in [-0.4, -0.2) is 39.3 Å². The summed E-state index contributed by atoms with van der Waals surface area (Å²) in [6.07, 6.45) is 2.32. The molecule has 1 aliphatic heterocycles. The Labute approximate surface area is 149 Å². The van der Waals surface area contributed by atoms with Crippen molar-refractivity contribution in [3.63, 3.8) is 0 Å². The second-order valence-electron chi connectivity index (χ2n) is 6.32. The van der Waals surface area contributed by atoms with Crippen molar-refractivity contribution in [3.05, 3.63) is 29.8 Å². The fourth-order valence-corrected chi connectivity index (χ4v) is 3.75. The zero-order valence-electron chi connectivity index (χ0n) is 14.7. The number of hydrogen-bond donors (Lipinski definition) is 3. The van der Waals surface area contributed by atoms with E-state index in [1.807, 2.05) is 13.8 Å². The zero-order chi connectivity index (χ0) is 18.4. The van der Waals surface area contributed by atoms with Crippen LogP contribution >= 0.6 is 0 Å². The lowest BCUT2D eigenvalue weighted by Crippen LogP contribution is -2.38. The minimum Gasteiger partial charge on any atom is -0.354 e. The summed E-state index contributed by atoms with van der Waals surface area (Å²) in [5, 5.41) is 2.86. The van der Waals surface area contributed by atoms with Crippen molar-refractivity contribution >= 4 is 21.8 Å². The molecule has 138 valence electrons. The normalized spacial score (nSPS) is 19.1. The summed E-state index contributed by atoms with van der Waals surface area (Å²) in [7, 11) is -3.61. The molecule has 0 saturated heterocycles. The molecule has 1 aromatic carbocycles. The molecule has 7 nitrogen and oxygen atoms in total. The first kappa shape index (κ1) is 19.4. The van der Waals surface area contributed by atoms with Crippen LogP contribution in [-0.2, 0) is 14.8 Å². The summed E-state index contributed by atoms with van der Waals surface area (Å²) >= 11 is 0. The van der Waals surface area contributed by atoms with Gasteiger partial charge in [-0.1, -0.05) is 38.8 Å². The van der Waals surface area contributed by atoms with E-state index in [2.05, 4.69) is 15.0 Å². The third-order valence-electron chi connectivity index (χ3n) is 4.11. The van der Waals surface area contributed by atoms with E-state index < -0.39 is 16.1 Å². The number of amides is 1. The summed E-state index contributed by atoms with van der Waals surface area (Å²) in [6.45, 7) is 4.95. The van der Waals surface area contributed by atoms with Gasteiger partial charge in [0.05, 0.1) is 4.90 Å². The van der Waals surface area contributed by atoms with Crippen molar-refractivity contribution in [2.75, 3.05) is 13.1 Å². The maximum Gasteiger partial charge on any atom is 0.263 e. The standard InChI is InChI=1S/C17H26N4O3S/c1-3-4-8-14(17(22)19-11-12(2)10-18)20-16-13-7-5-6-9-15(13)25(23,24)21-16/h5-7,9,12,14H,3-4,8,10-11,18H2,1-2H3,(H,19,22)(H,20,21). The van der Waals surface area contributed by atoms with Gasteiger partial charge in [-0.3, -0.25) is 14.5 Å². The molecule has 0 radical (unpaired) electrons. The lowest BCUT2D eigenvalue weighted by Gasteiger charge is -2.16. The van der Waals surface area contributed by atoms with Gasteiger partial charge in [0, 0.05) is 12.1 Å². The number of sulfonamides is 1. The summed E-state index contributed by atoms with van der Waals surface area (Å²) in [4.78, 5) is 17.1. The molecule has 2 unspecified atom stereocenters. The van der Waals surface area contributed by atoms with Gasteiger partial charge in [-0.15, -0.1) is 0 Å². The van der Waals surface area contributed by atoms with Crippen LogP contribution in [0.5, 0.6) is 0 Å². The molecule has 1 aromatic rings. The summed E-state index contributed by atoms with van der Waals surface area (Å²) in [5.74, 6) is 0.206. The summed E-state index contributed by atoms with van der Waals surface area (Å²) in [5.41, 5.74) is 6.08. The first-order valence-electron chi connectivity index (χ1n) is 8.56. The SMILES string of the molecule is CCCCC(N=C1NS(=O)(=O)c2ccccc21)C(=O)NCC(C)CN. The number of carbonyl (C=O) groups excluding carboxylic acids is 1. The third kappa shape index (κ3) is 4.79. The molecule has 1 aliphatic rings. The Morgan fingerprint density at radius 2 is 2.08 bits per heavy atom. The van der Waals surface area contributed by atoms with E-state index in [0.29, 0.717) is 25.1 Å². The molecule has 0 aromatic heterocycles. The lowest BCUT2D eigenvalue weighted by molar-refractivity contribution is -0.122. The van der Waals surface area contributed by atoms with Gasteiger partial charge >= 0.3 is 0 Å². The van der Waals surface area contributed by atoms with Crippen LogP contribution in [0.2, 0.25) is 0 Å². The quantitative estimate of drug-likeness (QED) is 0.637. The molecule has 2 atom stereocenters. The average Bonchev–Trinajstić information content (AvgIpc) is 2.87. The zero-order valence-corrected chi connectivity index (χ0v) is 15.5. The van der Waals surface area contributed by atoms with Gasteiger partial charge in [0.2, 0.25) is 5.91 Å². The molecular weight excluding hydrogens is 340 g/mol. The van der Waals surface area contributed by atoms with E-state index in [9.17, 15) is 13.2 Å². The van der Waals surface area contributed by atoms with Crippen molar-refractivity contribution < 1.29 is 13.2 Å². The lowest BCUT2D eigenvalue weighted by atomic mass is 10.1. The number of fused-ring (bicyclic) bond motifs is 1. The van der Waals surface area contributed by atoms with Gasteiger partial charge in [0.25, 0.3) is 10.0 Å². The van der Waals surface area contributed by atoms with E-state index in [-0.39, 0.29) is 22.6 Å². The molecule has 0 aliphatic carbocycles. The number of nitrogens with two attached hydrogens (primary N) is 1. The predicted molar refractivity (Wildman–Crippen MR) is 97.8 cm³/mol. The van der Waals surface area contributed by atoms with E-state index in [0.717, 1.165) is 12.8 Å². The third-order valence-corrected chi connectivity index (χ3v) is 5.51. The van der Waals surface area contributed by atoms with Gasteiger partial charge in [-0.25, -0.2) is 8.42 Å². The van der Waals surface area contributed by atoms with Crippen molar-refractivity contribution in [1.82, 2.24) is 10.0 Å². The second kappa shape index (κ2) is 8.44. The molecule has 4 N–H and O–H groups in total. The molecule has 25 heavy (non-hydrogen) atoms. The number of benzene rings is 1. The van der Waals surface area contributed by atoms with Crippen LogP contribution in [0.15, 0.2) is 34.2 Å². The highest BCUT2D eigenvalue weighted by Gasteiger charge is 2.31. The number of hydrogen-bond acceptors (Lipinski definition) is 5. The maximum atomic E-state index is 12.5. The number of unbranched alkanes of at least 4 members (excludes halogenated alkanes) is 1. The first-order valence-corrected chi connectivity index (χ1v) is 10.0. The second-order valence-corrected chi connectivity index (χ2v) is 7.97. The monoisotopic (exact) mass is 366 g/mol. The van der Waals surface area contributed by atoms with Gasteiger partial charge in [0.15, 0.2) is 0 Å². The summed E-state index contributed by atoms with van der Waals surface area (Å²) < 4.78 is 26.8. The van der Waals surface area contributed by atoms with Crippen LogP contribution < -0.4 is 15.8 Å². The molecule has 1 amide bonds. The molecule has 1 heterocycles. The Hall–Kier alpha value is -1.93. The van der Waals surface area contributed by atoms with Crippen LogP contribution in [0.4, 0.5) is 0 Å². The van der Waals surface area contributed by atoms with Crippen molar-refractivity contribution in [1.29, 1.82) is 0 Å². The Kier molecular flexibility index (Phi) is 6.55. The number of rotatable bonds is 8. The molecule has 0 bridgehead atoms. The van der Waals surface area contributed by atoms with Crippen LogP contribution in [0.3, 0.4) is 0 Å². The average molecular weight is 366 g/mol. The molecular formula is C17H26N4O3S. The van der Waals surface area contributed by atoms with E-state index in [4.69, 9.17) is 5.73 Å². The van der Waals surface area contributed by atoms with Gasteiger partial charge in [-0.2, -0.15) is 0 Å². The van der Waals surface area contributed by atoms with E-state index in [1.54, 1.807) is 18.2 Å². The Morgan fingerprint density at radius 3 is 2.76 bits per heavy atom. The molecule has 2 rings (SSSR count). The largest absolute Gasteiger partial charge is 0.354 e. The molecule has 0 fully saturated rings. The van der Waals surface area contributed by atoms with Crippen molar-refractivity contribution in [2.24, 2.45) is 16.6 Å². The molecule has 0 saturated carbocycles. The predicted octanol–water partition coefficient (Wildman–Crippen LogP) is 0.995.